The van der Waals surface area contributed by atoms with E-state index < -0.39 is 17.6 Å². The maximum absolute atomic E-state index is 12.8. The molecule has 1 aliphatic rings. The number of nitrogens with zero attached hydrogens (tertiary/aromatic N) is 2. The lowest BCUT2D eigenvalue weighted by Crippen LogP contribution is -2.37. The first-order valence-electron chi connectivity index (χ1n) is 8.75. The van der Waals surface area contributed by atoms with E-state index in [1.54, 1.807) is 17.9 Å². The van der Waals surface area contributed by atoms with Crippen LogP contribution in [0.3, 0.4) is 0 Å². The van der Waals surface area contributed by atoms with E-state index in [1.807, 2.05) is 0 Å². The van der Waals surface area contributed by atoms with Gasteiger partial charge in [0, 0.05) is 25.0 Å². The van der Waals surface area contributed by atoms with Crippen molar-refractivity contribution in [2.75, 3.05) is 25.0 Å². The van der Waals surface area contributed by atoms with Gasteiger partial charge in [0.2, 0.25) is 0 Å². The Hall–Kier alpha value is -3.02. The third-order valence-corrected chi connectivity index (χ3v) is 4.20. The number of rotatable bonds is 5. The molecular weight excluding hydrogens is 375 g/mol. The average Bonchev–Trinajstić information content (AvgIpc) is 2.66. The molecule has 1 unspecified atom stereocenters. The SMILES string of the molecule is CCOC(=O)C1CCCN(/C=C(/C#N)C(=O)Nc2cccc(C(F)(F)F)c2)C1. The van der Waals surface area contributed by atoms with Gasteiger partial charge in [-0.15, -0.1) is 0 Å². The molecule has 1 amide bonds. The molecule has 1 atom stereocenters. The first kappa shape index (κ1) is 21.3. The van der Waals surface area contributed by atoms with Gasteiger partial charge in [-0.1, -0.05) is 6.07 Å². The number of anilines is 1. The highest BCUT2D eigenvalue weighted by molar-refractivity contribution is 6.06. The Bertz CT molecular complexity index is 800. The molecule has 2 rings (SSSR count). The molecule has 0 bridgehead atoms. The number of hydrogen-bond donors (Lipinski definition) is 1. The predicted octanol–water partition coefficient (Wildman–Crippen LogP) is 3.33. The van der Waals surface area contributed by atoms with Crippen LogP contribution in [-0.2, 0) is 20.5 Å². The van der Waals surface area contributed by atoms with Crippen molar-refractivity contribution in [2.24, 2.45) is 5.92 Å². The summed E-state index contributed by atoms with van der Waals surface area (Å²) in [5, 5.41) is 11.6. The van der Waals surface area contributed by atoms with E-state index >= 15 is 0 Å². The molecule has 1 aromatic carbocycles. The molecule has 0 spiro atoms. The molecule has 0 aromatic heterocycles. The first-order chi connectivity index (χ1) is 13.2. The van der Waals surface area contributed by atoms with E-state index in [0.717, 1.165) is 12.1 Å². The third-order valence-electron chi connectivity index (χ3n) is 4.20. The number of carbonyl (C=O) groups is 2. The van der Waals surface area contributed by atoms with Crippen molar-refractivity contribution in [3.8, 4) is 6.07 Å². The van der Waals surface area contributed by atoms with Gasteiger partial charge in [0.05, 0.1) is 18.1 Å². The number of amides is 1. The van der Waals surface area contributed by atoms with Crippen LogP contribution >= 0.6 is 0 Å². The smallest absolute Gasteiger partial charge is 0.416 e. The zero-order chi connectivity index (χ0) is 20.7. The lowest BCUT2D eigenvalue weighted by Gasteiger charge is -2.30. The number of halogens is 3. The highest BCUT2D eigenvalue weighted by atomic mass is 19.4. The van der Waals surface area contributed by atoms with Crippen LogP contribution in [0.25, 0.3) is 0 Å². The van der Waals surface area contributed by atoms with Crippen LogP contribution in [0.5, 0.6) is 0 Å². The van der Waals surface area contributed by atoms with Crippen molar-refractivity contribution >= 4 is 17.6 Å². The lowest BCUT2D eigenvalue weighted by molar-refractivity contribution is -0.149. The number of piperidine rings is 1. The molecule has 0 aliphatic carbocycles. The standard InChI is InChI=1S/C19H20F3N3O3/c1-2-28-18(27)13-5-4-8-25(11-13)12-14(10-23)17(26)24-16-7-3-6-15(9-16)19(20,21)22/h3,6-7,9,12-13H,2,4-5,8,11H2,1H3,(H,24,26)/b14-12-. The Balaban J connectivity index is 2.09. The molecule has 9 heteroatoms. The Morgan fingerprint density at radius 2 is 2.18 bits per heavy atom. The zero-order valence-electron chi connectivity index (χ0n) is 15.3. The number of nitrogens with one attached hydrogen (secondary N) is 1. The van der Waals surface area contributed by atoms with Crippen LogP contribution in [0.4, 0.5) is 18.9 Å². The summed E-state index contributed by atoms with van der Waals surface area (Å²) in [5.41, 5.74) is -1.23. The van der Waals surface area contributed by atoms with Crippen molar-refractivity contribution in [3.05, 3.63) is 41.6 Å². The molecule has 1 saturated heterocycles. The molecule has 1 aromatic rings. The fourth-order valence-corrected chi connectivity index (χ4v) is 2.87. The van der Waals surface area contributed by atoms with Crippen molar-refractivity contribution in [3.63, 3.8) is 0 Å². The molecule has 1 N–H and O–H groups in total. The van der Waals surface area contributed by atoms with E-state index in [1.165, 1.54) is 18.3 Å². The van der Waals surface area contributed by atoms with Gasteiger partial charge in [0.15, 0.2) is 0 Å². The topological polar surface area (TPSA) is 82.4 Å². The molecule has 28 heavy (non-hydrogen) atoms. The summed E-state index contributed by atoms with van der Waals surface area (Å²) in [7, 11) is 0. The van der Waals surface area contributed by atoms with Crippen molar-refractivity contribution in [1.82, 2.24) is 4.90 Å². The number of esters is 1. The molecule has 6 nitrogen and oxygen atoms in total. The summed E-state index contributed by atoms with van der Waals surface area (Å²) in [6, 6.07) is 5.91. The summed E-state index contributed by atoms with van der Waals surface area (Å²) < 4.78 is 43.3. The highest BCUT2D eigenvalue weighted by Crippen LogP contribution is 2.30. The van der Waals surface area contributed by atoms with Gasteiger partial charge in [0.1, 0.15) is 11.6 Å². The van der Waals surface area contributed by atoms with Gasteiger partial charge < -0.3 is 15.0 Å². The van der Waals surface area contributed by atoms with Crippen molar-refractivity contribution in [2.45, 2.75) is 25.9 Å². The van der Waals surface area contributed by atoms with Gasteiger partial charge in [0.25, 0.3) is 5.91 Å². The van der Waals surface area contributed by atoms with Gasteiger partial charge in [-0.25, -0.2) is 0 Å². The molecule has 1 heterocycles. The quantitative estimate of drug-likeness (QED) is 0.470. The van der Waals surface area contributed by atoms with Crippen molar-refractivity contribution in [1.29, 1.82) is 5.26 Å². The van der Waals surface area contributed by atoms with E-state index in [0.29, 0.717) is 25.9 Å². The van der Waals surface area contributed by atoms with Crippen LogP contribution in [0.2, 0.25) is 0 Å². The minimum absolute atomic E-state index is 0.0657. The van der Waals surface area contributed by atoms with Gasteiger partial charge >= 0.3 is 12.1 Å². The highest BCUT2D eigenvalue weighted by Gasteiger charge is 2.30. The summed E-state index contributed by atoms with van der Waals surface area (Å²) >= 11 is 0. The number of hydrogen-bond acceptors (Lipinski definition) is 5. The number of likely N-dealkylation sites (tertiary alicyclic amines) is 1. The van der Waals surface area contributed by atoms with Crippen LogP contribution in [-0.4, -0.2) is 36.5 Å². The zero-order valence-corrected chi connectivity index (χ0v) is 15.3. The Labute approximate surface area is 160 Å². The second-order valence-corrected chi connectivity index (χ2v) is 6.27. The monoisotopic (exact) mass is 395 g/mol. The van der Waals surface area contributed by atoms with Crippen molar-refractivity contribution < 1.29 is 27.5 Å². The summed E-state index contributed by atoms with van der Waals surface area (Å²) in [5.74, 6) is -1.50. The minimum atomic E-state index is -4.54. The number of ether oxygens (including phenoxy) is 1. The van der Waals surface area contributed by atoms with Gasteiger partial charge in [-0.2, -0.15) is 18.4 Å². The fourth-order valence-electron chi connectivity index (χ4n) is 2.87. The lowest BCUT2D eigenvalue weighted by atomic mass is 9.98. The molecular formula is C19H20F3N3O3. The molecule has 0 saturated carbocycles. The summed E-state index contributed by atoms with van der Waals surface area (Å²) in [4.78, 5) is 25.9. The van der Waals surface area contributed by atoms with Crippen LogP contribution in [0.15, 0.2) is 36.0 Å². The van der Waals surface area contributed by atoms with Crippen LogP contribution in [0.1, 0.15) is 25.3 Å². The normalized spacial score (nSPS) is 17.6. The van der Waals surface area contributed by atoms with Gasteiger partial charge in [-0.3, -0.25) is 9.59 Å². The summed E-state index contributed by atoms with van der Waals surface area (Å²) in [6.07, 6.45) is -1.87. The van der Waals surface area contributed by atoms with Crippen LogP contribution < -0.4 is 5.32 Å². The van der Waals surface area contributed by atoms with Crippen LogP contribution in [0, 0.1) is 17.2 Å². The Kier molecular flexibility index (Phi) is 7.04. The molecule has 1 fully saturated rings. The van der Waals surface area contributed by atoms with Gasteiger partial charge in [-0.05, 0) is 38.0 Å². The Morgan fingerprint density at radius 3 is 2.82 bits per heavy atom. The number of alkyl halides is 3. The molecule has 150 valence electrons. The third kappa shape index (κ3) is 5.74. The molecule has 0 radical (unpaired) electrons. The number of nitriles is 1. The van der Waals surface area contributed by atoms with E-state index in [2.05, 4.69) is 5.32 Å². The number of carbonyl (C=O) groups excluding carboxylic acids is 2. The minimum Gasteiger partial charge on any atom is -0.466 e. The summed E-state index contributed by atoms with van der Waals surface area (Å²) in [6.45, 7) is 2.84. The Morgan fingerprint density at radius 1 is 1.43 bits per heavy atom. The fraction of sp³-hybridized carbons (Fsp3) is 0.421. The maximum atomic E-state index is 12.8. The second-order valence-electron chi connectivity index (χ2n) is 6.27. The van der Waals surface area contributed by atoms with E-state index in [4.69, 9.17) is 4.74 Å². The van der Waals surface area contributed by atoms with E-state index in [-0.39, 0.29) is 29.8 Å². The second kappa shape index (κ2) is 9.26. The first-order valence-corrected chi connectivity index (χ1v) is 8.75. The number of benzene rings is 1. The maximum Gasteiger partial charge on any atom is 0.416 e. The predicted molar refractivity (Wildman–Crippen MR) is 94.7 cm³/mol. The molecule has 1 aliphatic heterocycles. The van der Waals surface area contributed by atoms with E-state index in [9.17, 15) is 28.0 Å². The largest absolute Gasteiger partial charge is 0.466 e. The average molecular weight is 395 g/mol.